The Labute approximate surface area is 118 Å². The highest BCUT2D eigenvalue weighted by Crippen LogP contribution is 2.28. The number of methoxy groups -OCH3 is 1. The third-order valence-corrected chi connectivity index (χ3v) is 2.83. The lowest BCUT2D eigenvalue weighted by Crippen LogP contribution is -2.11. The molecule has 6 heteroatoms. The zero-order chi connectivity index (χ0) is 14.4. The summed E-state index contributed by atoms with van der Waals surface area (Å²) in [6.07, 6.45) is 1.83. The number of hydrogen-bond acceptors (Lipinski definition) is 5. The van der Waals surface area contributed by atoms with E-state index in [1.807, 2.05) is 31.4 Å². The molecule has 0 saturated heterocycles. The lowest BCUT2D eigenvalue weighted by molar-refractivity contribution is 0.280. The van der Waals surface area contributed by atoms with E-state index in [1.54, 1.807) is 11.8 Å². The van der Waals surface area contributed by atoms with Gasteiger partial charge >= 0.3 is 0 Å². The second-order valence-electron chi connectivity index (χ2n) is 4.44. The number of nitrogens with zero attached hydrogens (tertiary/aromatic N) is 3. The van der Waals surface area contributed by atoms with Gasteiger partial charge in [-0.05, 0) is 24.2 Å². The van der Waals surface area contributed by atoms with Crippen molar-refractivity contribution in [3.63, 3.8) is 0 Å². The summed E-state index contributed by atoms with van der Waals surface area (Å²) in [6, 6.07) is 5.92. The maximum Gasteiger partial charge on any atom is 0.161 e. The third kappa shape index (κ3) is 3.71. The standard InChI is InChI=1S/C14H20N4O2/c1-4-15-8-11-5-6-13(14(7-11)19-3)20-10-12-9-18(2)17-16-12/h5-7,9,15H,4,8,10H2,1-3H3. The minimum Gasteiger partial charge on any atom is -0.493 e. The van der Waals surface area contributed by atoms with Gasteiger partial charge in [0, 0.05) is 13.6 Å². The van der Waals surface area contributed by atoms with Gasteiger partial charge in [-0.1, -0.05) is 18.2 Å². The normalized spacial score (nSPS) is 10.6. The van der Waals surface area contributed by atoms with Crippen LogP contribution < -0.4 is 14.8 Å². The molecule has 0 amide bonds. The van der Waals surface area contributed by atoms with Gasteiger partial charge in [0.05, 0.1) is 13.3 Å². The molecule has 1 aromatic carbocycles. The Kier molecular flexibility index (Phi) is 4.95. The van der Waals surface area contributed by atoms with Gasteiger partial charge in [-0.3, -0.25) is 4.68 Å². The molecule has 108 valence electrons. The van der Waals surface area contributed by atoms with Crippen molar-refractivity contribution in [1.29, 1.82) is 0 Å². The highest BCUT2D eigenvalue weighted by Gasteiger charge is 2.07. The smallest absolute Gasteiger partial charge is 0.161 e. The zero-order valence-electron chi connectivity index (χ0n) is 12.1. The second-order valence-corrected chi connectivity index (χ2v) is 4.44. The van der Waals surface area contributed by atoms with E-state index in [0.29, 0.717) is 12.4 Å². The van der Waals surface area contributed by atoms with E-state index in [4.69, 9.17) is 9.47 Å². The van der Waals surface area contributed by atoms with E-state index < -0.39 is 0 Å². The first kappa shape index (κ1) is 14.3. The Balaban J connectivity index is 2.03. The first-order valence-corrected chi connectivity index (χ1v) is 6.58. The Morgan fingerprint density at radius 2 is 2.15 bits per heavy atom. The van der Waals surface area contributed by atoms with E-state index >= 15 is 0 Å². The summed E-state index contributed by atoms with van der Waals surface area (Å²) in [4.78, 5) is 0. The quantitative estimate of drug-likeness (QED) is 0.830. The molecule has 0 fully saturated rings. The van der Waals surface area contributed by atoms with Gasteiger partial charge in [0.15, 0.2) is 11.5 Å². The van der Waals surface area contributed by atoms with Crippen molar-refractivity contribution >= 4 is 0 Å². The fourth-order valence-corrected chi connectivity index (χ4v) is 1.82. The molecule has 1 heterocycles. The van der Waals surface area contributed by atoms with Gasteiger partial charge in [0.1, 0.15) is 12.3 Å². The van der Waals surface area contributed by atoms with Crippen LogP contribution in [-0.2, 0) is 20.2 Å². The minimum atomic E-state index is 0.372. The lowest BCUT2D eigenvalue weighted by atomic mass is 10.2. The molecule has 1 aromatic heterocycles. The molecule has 0 bridgehead atoms. The van der Waals surface area contributed by atoms with Crippen LogP contribution >= 0.6 is 0 Å². The molecular weight excluding hydrogens is 256 g/mol. The van der Waals surface area contributed by atoms with Crippen LogP contribution in [-0.4, -0.2) is 28.6 Å². The number of benzene rings is 1. The number of rotatable bonds is 7. The lowest BCUT2D eigenvalue weighted by Gasteiger charge is -2.11. The molecule has 1 N–H and O–H groups in total. The molecule has 2 aromatic rings. The van der Waals surface area contributed by atoms with E-state index in [9.17, 15) is 0 Å². The van der Waals surface area contributed by atoms with Gasteiger partial charge in [-0.25, -0.2) is 0 Å². The summed E-state index contributed by atoms with van der Waals surface area (Å²) in [7, 11) is 3.47. The Morgan fingerprint density at radius 3 is 2.80 bits per heavy atom. The number of ether oxygens (including phenoxy) is 2. The molecule has 20 heavy (non-hydrogen) atoms. The first-order chi connectivity index (χ1) is 9.72. The summed E-state index contributed by atoms with van der Waals surface area (Å²) in [5.41, 5.74) is 1.95. The monoisotopic (exact) mass is 276 g/mol. The number of nitrogens with one attached hydrogen (secondary N) is 1. The number of hydrogen-bond donors (Lipinski definition) is 1. The van der Waals surface area contributed by atoms with E-state index in [0.717, 1.165) is 30.1 Å². The summed E-state index contributed by atoms with van der Waals surface area (Å²) in [5.74, 6) is 1.43. The average Bonchev–Trinajstić information content (AvgIpc) is 2.88. The van der Waals surface area contributed by atoms with Gasteiger partial charge in [-0.15, -0.1) is 5.10 Å². The molecule has 2 rings (SSSR count). The van der Waals surface area contributed by atoms with Crippen molar-refractivity contribution in [2.24, 2.45) is 7.05 Å². The van der Waals surface area contributed by atoms with Crippen molar-refractivity contribution in [1.82, 2.24) is 20.3 Å². The maximum atomic E-state index is 5.73. The topological polar surface area (TPSA) is 61.2 Å². The van der Waals surface area contributed by atoms with Gasteiger partial charge in [0.2, 0.25) is 0 Å². The zero-order valence-corrected chi connectivity index (χ0v) is 12.1. The average molecular weight is 276 g/mol. The van der Waals surface area contributed by atoms with Crippen LogP contribution in [0.4, 0.5) is 0 Å². The van der Waals surface area contributed by atoms with Gasteiger partial charge < -0.3 is 14.8 Å². The van der Waals surface area contributed by atoms with Crippen molar-refractivity contribution in [2.75, 3.05) is 13.7 Å². The first-order valence-electron chi connectivity index (χ1n) is 6.58. The molecule has 0 radical (unpaired) electrons. The fraction of sp³-hybridized carbons (Fsp3) is 0.429. The molecule has 0 aliphatic heterocycles. The molecule has 0 atom stereocenters. The largest absolute Gasteiger partial charge is 0.493 e. The van der Waals surface area contributed by atoms with Crippen LogP contribution in [0, 0.1) is 0 Å². The summed E-state index contributed by atoms with van der Waals surface area (Å²) >= 11 is 0. The predicted molar refractivity (Wildman–Crippen MR) is 75.7 cm³/mol. The van der Waals surface area contributed by atoms with Crippen LogP contribution in [0.2, 0.25) is 0 Å². The SMILES string of the molecule is CCNCc1ccc(OCc2cn(C)nn2)c(OC)c1. The Bertz CT molecular complexity index is 554. The fourth-order valence-electron chi connectivity index (χ4n) is 1.82. The molecule has 6 nitrogen and oxygen atoms in total. The molecule has 0 aliphatic carbocycles. The van der Waals surface area contributed by atoms with Crippen molar-refractivity contribution in [3.8, 4) is 11.5 Å². The van der Waals surface area contributed by atoms with Crippen LogP contribution in [0.3, 0.4) is 0 Å². The van der Waals surface area contributed by atoms with Crippen molar-refractivity contribution in [3.05, 3.63) is 35.7 Å². The molecule has 0 saturated carbocycles. The van der Waals surface area contributed by atoms with Gasteiger partial charge in [0.25, 0.3) is 0 Å². The summed E-state index contributed by atoms with van der Waals surface area (Å²) in [6.45, 7) is 4.21. The molecule has 0 unspecified atom stereocenters. The molecular formula is C14H20N4O2. The maximum absolute atomic E-state index is 5.73. The summed E-state index contributed by atoms with van der Waals surface area (Å²) < 4.78 is 12.7. The predicted octanol–water partition coefficient (Wildman–Crippen LogP) is 1.51. The van der Waals surface area contributed by atoms with Crippen LogP contribution in [0.25, 0.3) is 0 Å². The second kappa shape index (κ2) is 6.91. The van der Waals surface area contributed by atoms with E-state index in [-0.39, 0.29) is 0 Å². The third-order valence-electron chi connectivity index (χ3n) is 2.83. The van der Waals surface area contributed by atoms with E-state index in [2.05, 4.69) is 22.6 Å². The Hall–Kier alpha value is -2.08. The van der Waals surface area contributed by atoms with E-state index in [1.165, 1.54) is 0 Å². The number of aromatic nitrogens is 3. The molecule has 0 spiro atoms. The van der Waals surface area contributed by atoms with Crippen LogP contribution in [0.5, 0.6) is 11.5 Å². The minimum absolute atomic E-state index is 0.372. The van der Waals surface area contributed by atoms with Gasteiger partial charge in [-0.2, -0.15) is 0 Å². The summed E-state index contributed by atoms with van der Waals surface area (Å²) in [5, 5.41) is 11.1. The van der Waals surface area contributed by atoms with Crippen LogP contribution in [0.15, 0.2) is 24.4 Å². The highest BCUT2D eigenvalue weighted by atomic mass is 16.5. The number of aryl methyl sites for hydroxylation is 1. The Morgan fingerprint density at radius 1 is 1.30 bits per heavy atom. The molecule has 0 aliphatic rings. The highest BCUT2D eigenvalue weighted by molar-refractivity contribution is 5.43. The van der Waals surface area contributed by atoms with Crippen molar-refractivity contribution < 1.29 is 9.47 Å². The van der Waals surface area contributed by atoms with Crippen molar-refractivity contribution in [2.45, 2.75) is 20.1 Å². The van der Waals surface area contributed by atoms with Crippen LogP contribution in [0.1, 0.15) is 18.2 Å².